The van der Waals surface area contributed by atoms with Gasteiger partial charge in [-0.3, -0.25) is 4.79 Å². The molecule has 0 aliphatic carbocycles. The highest BCUT2D eigenvalue weighted by molar-refractivity contribution is 7.89. The molecule has 0 radical (unpaired) electrons. The summed E-state index contributed by atoms with van der Waals surface area (Å²) in [6.45, 7) is 2.52. The molecule has 6 nitrogen and oxygen atoms in total. The number of amides is 1. The molecule has 0 spiro atoms. The third-order valence-corrected chi connectivity index (χ3v) is 5.39. The normalized spacial score (nSPS) is 11.3. The van der Waals surface area contributed by atoms with E-state index < -0.39 is 10.0 Å². The average molecular weight is 397 g/mol. The van der Waals surface area contributed by atoms with E-state index in [4.69, 9.17) is 16.3 Å². The molecular weight excluding hydrogens is 376 g/mol. The summed E-state index contributed by atoms with van der Waals surface area (Å²) in [5.74, 6) is -0.293. The molecule has 0 aliphatic rings. The maximum Gasteiger partial charge on any atom is 0.255 e. The average Bonchev–Trinajstić information content (AvgIpc) is 2.61. The standard InChI is InChI=1S/C18H21ClN2O4S/c1-13-12-16(26(23,24)20-10-3-11-25-2)8-9-17(13)21-18(22)14-4-6-15(19)7-5-14/h4-9,12,20H,3,10-11H2,1-2H3,(H,21,22). The Hall–Kier alpha value is -1.93. The summed E-state index contributed by atoms with van der Waals surface area (Å²) >= 11 is 5.81. The fourth-order valence-electron chi connectivity index (χ4n) is 2.25. The minimum atomic E-state index is -3.60. The second kappa shape index (κ2) is 9.14. The third kappa shape index (κ3) is 5.54. The highest BCUT2D eigenvalue weighted by Gasteiger charge is 2.15. The van der Waals surface area contributed by atoms with Gasteiger partial charge in [-0.1, -0.05) is 11.6 Å². The lowest BCUT2D eigenvalue weighted by Gasteiger charge is -2.11. The van der Waals surface area contributed by atoms with Crippen LogP contribution in [-0.4, -0.2) is 34.6 Å². The highest BCUT2D eigenvalue weighted by Crippen LogP contribution is 2.21. The van der Waals surface area contributed by atoms with Gasteiger partial charge in [0.25, 0.3) is 5.91 Å². The number of carbonyl (C=O) groups is 1. The highest BCUT2D eigenvalue weighted by atomic mass is 35.5. The fourth-order valence-corrected chi connectivity index (χ4v) is 3.53. The number of sulfonamides is 1. The van der Waals surface area contributed by atoms with Crippen LogP contribution < -0.4 is 10.0 Å². The molecule has 0 unspecified atom stereocenters. The lowest BCUT2D eigenvalue weighted by Crippen LogP contribution is -2.25. The van der Waals surface area contributed by atoms with Crippen molar-refractivity contribution in [1.29, 1.82) is 0 Å². The molecule has 0 heterocycles. The number of rotatable bonds is 8. The molecule has 0 fully saturated rings. The van der Waals surface area contributed by atoms with Gasteiger partial charge >= 0.3 is 0 Å². The minimum Gasteiger partial charge on any atom is -0.385 e. The molecule has 0 saturated carbocycles. The summed E-state index contributed by atoms with van der Waals surface area (Å²) in [6.07, 6.45) is 0.587. The van der Waals surface area contributed by atoms with Crippen molar-refractivity contribution in [3.63, 3.8) is 0 Å². The maximum absolute atomic E-state index is 12.3. The number of halogens is 1. The quantitative estimate of drug-likeness (QED) is 0.671. The van der Waals surface area contributed by atoms with Crippen molar-refractivity contribution in [3.8, 4) is 0 Å². The van der Waals surface area contributed by atoms with E-state index in [0.29, 0.717) is 41.4 Å². The number of ether oxygens (including phenoxy) is 1. The molecule has 2 aromatic rings. The van der Waals surface area contributed by atoms with Gasteiger partial charge in [-0.05, 0) is 61.4 Å². The molecule has 2 aromatic carbocycles. The Kier molecular flexibility index (Phi) is 7.16. The first kappa shape index (κ1) is 20.4. The summed E-state index contributed by atoms with van der Waals surface area (Å²) in [6, 6.07) is 11.1. The van der Waals surface area contributed by atoms with E-state index in [9.17, 15) is 13.2 Å². The summed E-state index contributed by atoms with van der Waals surface area (Å²) in [4.78, 5) is 12.4. The summed E-state index contributed by atoms with van der Waals surface area (Å²) in [5, 5.41) is 3.32. The predicted molar refractivity (Wildman–Crippen MR) is 102 cm³/mol. The lowest BCUT2D eigenvalue weighted by molar-refractivity contribution is 0.102. The van der Waals surface area contributed by atoms with Crippen molar-refractivity contribution in [1.82, 2.24) is 4.72 Å². The van der Waals surface area contributed by atoms with Crippen LogP contribution in [0.4, 0.5) is 5.69 Å². The van der Waals surface area contributed by atoms with Crippen LogP contribution in [0.25, 0.3) is 0 Å². The van der Waals surface area contributed by atoms with E-state index in [-0.39, 0.29) is 10.8 Å². The van der Waals surface area contributed by atoms with Crippen LogP contribution in [0.15, 0.2) is 47.4 Å². The first-order valence-corrected chi connectivity index (χ1v) is 9.86. The fraction of sp³-hybridized carbons (Fsp3) is 0.278. The van der Waals surface area contributed by atoms with E-state index in [1.165, 1.54) is 12.1 Å². The van der Waals surface area contributed by atoms with Crippen molar-refractivity contribution < 1.29 is 17.9 Å². The van der Waals surface area contributed by atoms with E-state index in [1.807, 2.05) is 0 Å². The van der Waals surface area contributed by atoms with E-state index in [2.05, 4.69) is 10.0 Å². The molecule has 140 valence electrons. The Morgan fingerprint density at radius 3 is 2.46 bits per heavy atom. The van der Waals surface area contributed by atoms with Crippen molar-refractivity contribution in [2.24, 2.45) is 0 Å². The summed E-state index contributed by atoms with van der Waals surface area (Å²) < 4.78 is 32.0. The van der Waals surface area contributed by atoms with Gasteiger partial charge in [0.1, 0.15) is 0 Å². The number of hydrogen-bond donors (Lipinski definition) is 2. The zero-order valence-electron chi connectivity index (χ0n) is 14.6. The predicted octanol–water partition coefficient (Wildman–Crippen LogP) is 3.22. The molecule has 0 atom stereocenters. The number of aryl methyl sites for hydroxylation is 1. The number of anilines is 1. The van der Waals surface area contributed by atoms with Gasteiger partial charge < -0.3 is 10.1 Å². The molecule has 26 heavy (non-hydrogen) atoms. The Morgan fingerprint density at radius 2 is 1.85 bits per heavy atom. The van der Waals surface area contributed by atoms with Crippen LogP contribution in [0.5, 0.6) is 0 Å². The Balaban J connectivity index is 2.09. The van der Waals surface area contributed by atoms with E-state index in [0.717, 1.165) is 0 Å². The van der Waals surface area contributed by atoms with Crippen LogP contribution in [0.1, 0.15) is 22.3 Å². The molecule has 0 bridgehead atoms. The first-order valence-electron chi connectivity index (χ1n) is 7.99. The smallest absolute Gasteiger partial charge is 0.255 e. The van der Waals surface area contributed by atoms with E-state index in [1.54, 1.807) is 44.4 Å². The molecule has 2 N–H and O–H groups in total. The largest absolute Gasteiger partial charge is 0.385 e. The number of methoxy groups -OCH3 is 1. The van der Waals surface area contributed by atoms with Crippen LogP contribution in [0.2, 0.25) is 5.02 Å². The second-order valence-electron chi connectivity index (χ2n) is 5.68. The number of carbonyl (C=O) groups excluding carboxylic acids is 1. The molecule has 8 heteroatoms. The number of benzene rings is 2. The number of nitrogens with one attached hydrogen (secondary N) is 2. The van der Waals surface area contributed by atoms with Gasteiger partial charge in [-0.25, -0.2) is 13.1 Å². The summed E-state index contributed by atoms with van der Waals surface area (Å²) in [7, 11) is -2.03. The molecular formula is C18H21ClN2O4S. The Labute approximate surface area is 158 Å². The maximum atomic E-state index is 12.3. The van der Waals surface area contributed by atoms with Crippen molar-refractivity contribution >= 4 is 33.2 Å². The Bertz CT molecular complexity index is 867. The molecule has 1 amide bonds. The second-order valence-corrected chi connectivity index (χ2v) is 7.89. The van der Waals surface area contributed by atoms with Crippen molar-refractivity contribution in [2.45, 2.75) is 18.2 Å². The van der Waals surface area contributed by atoms with Gasteiger partial charge in [0, 0.05) is 36.5 Å². The minimum absolute atomic E-state index is 0.150. The van der Waals surface area contributed by atoms with Crippen molar-refractivity contribution in [2.75, 3.05) is 25.6 Å². The first-order chi connectivity index (χ1) is 12.3. The third-order valence-electron chi connectivity index (χ3n) is 3.68. The van der Waals surface area contributed by atoms with Crippen LogP contribution in [0.3, 0.4) is 0 Å². The SMILES string of the molecule is COCCCNS(=O)(=O)c1ccc(NC(=O)c2ccc(Cl)cc2)c(C)c1. The molecule has 2 rings (SSSR count). The van der Waals surface area contributed by atoms with Crippen LogP contribution in [0, 0.1) is 6.92 Å². The van der Waals surface area contributed by atoms with E-state index >= 15 is 0 Å². The van der Waals surface area contributed by atoms with Gasteiger partial charge in [0.05, 0.1) is 4.90 Å². The molecule has 0 aliphatic heterocycles. The van der Waals surface area contributed by atoms with Gasteiger partial charge in [0.15, 0.2) is 0 Å². The van der Waals surface area contributed by atoms with Gasteiger partial charge in [-0.15, -0.1) is 0 Å². The summed E-state index contributed by atoms with van der Waals surface area (Å²) in [5.41, 5.74) is 1.65. The lowest BCUT2D eigenvalue weighted by atomic mass is 10.1. The monoisotopic (exact) mass is 396 g/mol. The number of hydrogen-bond acceptors (Lipinski definition) is 4. The van der Waals surface area contributed by atoms with Crippen molar-refractivity contribution in [3.05, 3.63) is 58.6 Å². The molecule has 0 saturated heterocycles. The zero-order valence-corrected chi connectivity index (χ0v) is 16.2. The van der Waals surface area contributed by atoms with Crippen LogP contribution >= 0.6 is 11.6 Å². The van der Waals surface area contributed by atoms with Gasteiger partial charge in [-0.2, -0.15) is 0 Å². The van der Waals surface area contributed by atoms with Crippen LogP contribution in [-0.2, 0) is 14.8 Å². The Morgan fingerprint density at radius 1 is 1.15 bits per heavy atom. The van der Waals surface area contributed by atoms with Gasteiger partial charge in [0.2, 0.25) is 10.0 Å². The molecule has 0 aromatic heterocycles. The topological polar surface area (TPSA) is 84.5 Å². The zero-order chi connectivity index (χ0) is 19.2.